The van der Waals surface area contributed by atoms with Crippen LogP contribution in [0.4, 0.5) is 8.78 Å². The molecule has 1 aliphatic heterocycles. The number of nitrogens with zero attached hydrogens (tertiary/aromatic N) is 3. The van der Waals surface area contributed by atoms with E-state index in [0.29, 0.717) is 23.5 Å². The molecule has 1 aliphatic rings. The van der Waals surface area contributed by atoms with Crippen molar-refractivity contribution in [1.82, 2.24) is 9.91 Å². The average molecular weight is 467 g/mol. The SMILES string of the molecule is COCCN(CC(=O)N1N=C(c2ccc(F)cc2)C[C@@H]1c1ccco1)C(=O)c1cccc(F)c1. The lowest BCUT2D eigenvalue weighted by Crippen LogP contribution is -2.42. The van der Waals surface area contributed by atoms with E-state index in [1.165, 1.54) is 53.6 Å². The van der Waals surface area contributed by atoms with Gasteiger partial charge in [0.1, 0.15) is 30.0 Å². The Morgan fingerprint density at radius 3 is 2.59 bits per heavy atom. The topological polar surface area (TPSA) is 75.3 Å². The summed E-state index contributed by atoms with van der Waals surface area (Å²) in [4.78, 5) is 27.7. The van der Waals surface area contributed by atoms with Gasteiger partial charge in [-0.1, -0.05) is 18.2 Å². The molecule has 0 saturated carbocycles. The third-order valence-electron chi connectivity index (χ3n) is 5.47. The second kappa shape index (κ2) is 10.4. The van der Waals surface area contributed by atoms with E-state index < -0.39 is 23.7 Å². The average Bonchev–Trinajstić information content (AvgIpc) is 3.52. The number of rotatable bonds is 8. The lowest BCUT2D eigenvalue weighted by atomic mass is 10.0. The maximum Gasteiger partial charge on any atom is 0.262 e. The molecular weight excluding hydrogens is 444 g/mol. The number of furan rings is 1. The minimum absolute atomic E-state index is 0.128. The zero-order valence-corrected chi connectivity index (χ0v) is 18.5. The van der Waals surface area contributed by atoms with Gasteiger partial charge in [0, 0.05) is 25.6 Å². The Bertz CT molecular complexity index is 1180. The third-order valence-corrected chi connectivity index (χ3v) is 5.47. The van der Waals surface area contributed by atoms with Gasteiger partial charge in [-0.05, 0) is 48.0 Å². The standard InChI is InChI=1S/C25H23F2N3O4/c1-33-13-11-29(25(32)18-4-2-5-20(27)14-18)16-24(31)30-22(23-6-3-12-34-23)15-21(28-30)17-7-9-19(26)10-8-17/h2-10,12,14,22H,11,13,15-16H2,1H3/t22-/m1/s1. The summed E-state index contributed by atoms with van der Waals surface area (Å²) in [5.74, 6) is -1.33. The Morgan fingerprint density at radius 2 is 1.91 bits per heavy atom. The Balaban J connectivity index is 1.59. The number of amides is 2. The first kappa shape index (κ1) is 23.3. The number of hydrogen-bond acceptors (Lipinski definition) is 5. The first-order chi connectivity index (χ1) is 16.5. The molecule has 9 heteroatoms. The van der Waals surface area contributed by atoms with Crippen molar-refractivity contribution in [3.05, 3.63) is 95.4 Å². The normalized spacial score (nSPS) is 15.3. The smallest absolute Gasteiger partial charge is 0.262 e. The summed E-state index contributed by atoms with van der Waals surface area (Å²) in [5, 5.41) is 5.78. The molecule has 4 rings (SSSR count). The van der Waals surface area contributed by atoms with Crippen LogP contribution in [0.5, 0.6) is 0 Å². The van der Waals surface area contributed by atoms with Crippen LogP contribution in [-0.4, -0.2) is 54.2 Å². The van der Waals surface area contributed by atoms with Gasteiger partial charge in [0.05, 0.1) is 18.6 Å². The molecule has 176 valence electrons. The maximum atomic E-state index is 13.7. The van der Waals surface area contributed by atoms with Crippen molar-refractivity contribution < 1.29 is 27.5 Å². The Morgan fingerprint density at radius 1 is 1.12 bits per heavy atom. The molecule has 0 N–H and O–H groups in total. The van der Waals surface area contributed by atoms with Crippen LogP contribution in [0, 0.1) is 11.6 Å². The van der Waals surface area contributed by atoms with E-state index in [0.717, 1.165) is 6.07 Å². The van der Waals surface area contributed by atoms with Gasteiger partial charge in [-0.2, -0.15) is 5.10 Å². The van der Waals surface area contributed by atoms with Crippen LogP contribution in [0.3, 0.4) is 0 Å². The fourth-order valence-electron chi connectivity index (χ4n) is 3.75. The highest BCUT2D eigenvalue weighted by Gasteiger charge is 2.36. The zero-order chi connectivity index (χ0) is 24.1. The van der Waals surface area contributed by atoms with Crippen molar-refractivity contribution in [2.75, 3.05) is 26.8 Å². The molecule has 2 aromatic carbocycles. The van der Waals surface area contributed by atoms with Crippen molar-refractivity contribution in [1.29, 1.82) is 0 Å². The number of ether oxygens (including phenoxy) is 1. The molecule has 0 radical (unpaired) electrons. The minimum Gasteiger partial charge on any atom is -0.467 e. The van der Waals surface area contributed by atoms with Gasteiger partial charge in [0.25, 0.3) is 11.8 Å². The summed E-state index contributed by atoms with van der Waals surface area (Å²) in [5.41, 5.74) is 1.40. The number of hydrazone groups is 1. The fraction of sp³-hybridized carbons (Fsp3) is 0.240. The maximum absolute atomic E-state index is 13.7. The number of carbonyl (C=O) groups is 2. The highest BCUT2D eigenvalue weighted by molar-refractivity contribution is 6.03. The van der Waals surface area contributed by atoms with E-state index >= 15 is 0 Å². The van der Waals surface area contributed by atoms with Crippen LogP contribution >= 0.6 is 0 Å². The van der Waals surface area contributed by atoms with Crippen molar-refractivity contribution in [3.8, 4) is 0 Å². The van der Waals surface area contributed by atoms with Crippen molar-refractivity contribution >= 4 is 17.5 Å². The van der Waals surface area contributed by atoms with Gasteiger partial charge in [-0.3, -0.25) is 9.59 Å². The Hall–Kier alpha value is -3.85. The number of halogens is 2. The largest absolute Gasteiger partial charge is 0.467 e. The summed E-state index contributed by atoms with van der Waals surface area (Å²) in [6.07, 6.45) is 1.87. The second-order valence-electron chi connectivity index (χ2n) is 7.76. The summed E-state index contributed by atoms with van der Waals surface area (Å²) < 4.78 is 37.7. The van der Waals surface area contributed by atoms with Gasteiger partial charge in [-0.15, -0.1) is 0 Å². The highest BCUT2D eigenvalue weighted by Crippen LogP contribution is 2.33. The van der Waals surface area contributed by atoms with Gasteiger partial charge < -0.3 is 14.1 Å². The quantitative estimate of drug-likeness (QED) is 0.502. The van der Waals surface area contributed by atoms with Gasteiger partial charge in [0.15, 0.2) is 0 Å². The van der Waals surface area contributed by atoms with Crippen LogP contribution in [-0.2, 0) is 9.53 Å². The van der Waals surface area contributed by atoms with E-state index in [1.807, 2.05) is 0 Å². The molecule has 0 aliphatic carbocycles. The number of hydrogen-bond donors (Lipinski definition) is 0. The Kier molecular flexibility index (Phi) is 7.12. The summed E-state index contributed by atoms with van der Waals surface area (Å²) in [6.45, 7) is 0.0293. The molecule has 34 heavy (non-hydrogen) atoms. The van der Waals surface area contributed by atoms with Crippen LogP contribution in [0.25, 0.3) is 0 Å². The predicted octanol–water partition coefficient (Wildman–Crippen LogP) is 4.02. The Labute approximate surface area is 195 Å². The third kappa shape index (κ3) is 5.20. The fourth-order valence-corrected chi connectivity index (χ4v) is 3.75. The molecule has 0 saturated heterocycles. The zero-order valence-electron chi connectivity index (χ0n) is 18.5. The molecule has 2 heterocycles. The second-order valence-corrected chi connectivity index (χ2v) is 7.76. The van der Waals surface area contributed by atoms with Gasteiger partial charge in [0.2, 0.25) is 0 Å². The lowest BCUT2D eigenvalue weighted by Gasteiger charge is -2.26. The van der Waals surface area contributed by atoms with Gasteiger partial charge >= 0.3 is 0 Å². The monoisotopic (exact) mass is 467 g/mol. The summed E-state index contributed by atoms with van der Waals surface area (Å²) in [6, 6.07) is 14.1. The molecule has 1 aromatic heterocycles. The summed E-state index contributed by atoms with van der Waals surface area (Å²) in [7, 11) is 1.49. The first-order valence-electron chi connectivity index (χ1n) is 10.7. The van der Waals surface area contributed by atoms with E-state index in [2.05, 4.69) is 5.10 Å². The molecule has 0 spiro atoms. The van der Waals surface area contributed by atoms with Crippen molar-refractivity contribution in [2.45, 2.75) is 12.5 Å². The van der Waals surface area contributed by atoms with Crippen molar-refractivity contribution in [2.24, 2.45) is 5.10 Å². The van der Waals surface area contributed by atoms with Crippen LogP contribution in [0.1, 0.15) is 34.1 Å². The molecule has 1 atom stereocenters. The van der Waals surface area contributed by atoms with E-state index in [4.69, 9.17) is 9.15 Å². The number of benzene rings is 2. The molecule has 0 fully saturated rings. The molecule has 3 aromatic rings. The molecule has 7 nitrogen and oxygen atoms in total. The molecular formula is C25H23F2N3O4. The minimum atomic E-state index is -0.546. The van der Waals surface area contributed by atoms with E-state index in [-0.39, 0.29) is 31.1 Å². The van der Waals surface area contributed by atoms with E-state index in [1.54, 1.807) is 24.3 Å². The summed E-state index contributed by atoms with van der Waals surface area (Å²) >= 11 is 0. The molecule has 2 amide bonds. The van der Waals surface area contributed by atoms with Crippen LogP contribution in [0.2, 0.25) is 0 Å². The molecule has 0 bridgehead atoms. The number of methoxy groups -OCH3 is 1. The first-order valence-corrected chi connectivity index (χ1v) is 10.7. The van der Waals surface area contributed by atoms with Crippen LogP contribution in [0.15, 0.2) is 76.4 Å². The number of carbonyl (C=O) groups excluding carboxylic acids is 2. The van der Waals surface area contributed by atoms with Crippen molar-refractivity contribution in [3.63, 3.8) is 0 Å². The van der Waals surface area contributed by atoms with E-state index in [9.17, 15) is 18.4 Å². The predicted molar refractivity (Wildman–Crippen MR) is 120 cm³/mol. The van der Waals surface area contributed by atoms with Gasteiger partial charge in [-0.25, -0.2) is 13.8 Å². The highest BCUT2D eigenvalue weighted by atomic mass is 19.1. The van der Waals surface area contributed by atoms with Crippen LogP contribution < -0.4 is 0 Å². The molecule has 0 unspecified atom stereocenters. The lowest BCUT2D eigenvalue weighted by molar-refractivity contribution is -0.134.